The molecule has 2 aliphatic heterocycles. The van der Waals surface area contributed by atoms with Crippen molar-refractivity contribution in [3.63, 3.8) is 0 Å². The van der Waals surface area contributed by atoms with E-state index < -0.39 is 0 Å². The first kappa shape index (κ1) is 19.4. The lowest BCUT2D eigenvalue weighted by atomic mass is 10.0. The Hall–Kier alpha value is -2.32. The van der Waals surface area contributed by atoms with E-state index in [9.17, 15) is 14.7 Å². The standard InChI is InChI=1S/C19H28N4O4/c1-22-16-11-14(6-7-17(16)27-13-18(22)25)21-19(26)20-8-4-10-23-9-3-2-5-15(23)12-24/h6-7,11,15,24H,2-5,8-10,12-13H2,1H3,(H2,20,21,26). The highest BCUT2D eigenvalue weighted by atomic mass is 16.5. The quantitative estimate of drug-likeness (QED) is 0.653. The molecule has 0 aromatic heterocycles. The molecular formula is C19H28N4O4. The number of hydrogen-bond acceptors (Lipinski definition) is 5. The Bertz CT molecular complexity index is 682. The number of benzene rings is 1. The summed E-state index contributed by atoms with van der Waals surface area (Å²) in [5, 5.41) is 15.1. The molecule has 3 N–H and O–H groups in total. The van der Waals surface area contributed by atoms with Crippen LogP contribution in [-0.4, -0.2) is 67.9 Å². The molecule has 2 aliphatic rings. The lowest BCUT2D eigenvalue weighted by Gasteiger charge is -2.34. The van der Waals surface area contributed by atoms with Gasteiger partial charge in [-0.2, -0.15) is 0 Å². The minimum absolute atomic E-state index is 0.0327. The largest absolute Gasteiger partial charge is 0.482 e. The summed E-state index contributed by atoms with van der Waals surface area (Å²) in [5.41, 5.74) is 1.25. The monoisotopic (exact) mass is 376 g/mol. The molecule has 1 atom stereocenters. The number of urea groups is 1. The lowest BCUT2D eigenvalue weighted by Crippen LogP contribution is -2.43. The lowest BCUT2D eigenvalue weighted by molar-refractivity contribution is -0.120. The number of piperidine rings is 1. The molecule has 148 valence electrons. The molecule has 8 nitrogen and oxygen atoms in total. The van der Waals surface area contributed by atoms with Gasteiger partial charge in [-0.15, -0.1) is 0 Å². The van der Waals surface area contributed by atoms with Gasteiger partial charge in [-0.25, -0.2) is 4.79 Å². The number of aliphatic hydroxyl groups excluding tert-OH is 1. The average Bonchev–Trinajstić information content (AvgIpc) is 2.69. The Morgan fingerprint density at radius 3 is 3.04 bits per heavy atom. The minimum atomic E-state index is -0.280. The van der Waals surface area contributed by atoms with Crippen molar-refractivity contribution < 1.29 is 19.4 Å². The number of ether oxygens (including phenoxy) is 1. The third-order valence-corrected chi connectivity index (χ3v) is 5.17. The van der Waals surface area contributed by atoms with Gasteiger partial charge in [-0.05, 0) is 44.0 Å². The number of amides is 3. The minimum Gasteiger partial charge on any atom is -0.482 e. The van der Waals surface area contributed by atoms with Gasteiger partial charge < -0.3 is 25.4 Å². The Kier molecular flexibility index (Phi) is 6.52. The van der Waals surface area contributed by atoms with Crippen molar-refractivity contribution in [2.75, 3.05) is 50.1 Å². The molecule has 27 heavy (non-hydrogen) atoms. The number of likely N-dealkylation sites (N-methyl/N-ethyl adjacent to an activating group) is 1. The fraction of sp³-hybridized carbons (Fsp3) is 0.579. The maximum absolute atomic E-state index is 12.1. The fourth-order valence-corrected chi connectivity index (χ4v) is 3.57. The summed E-state index contributed by atoms with van der Waals surface area (Å²) in [5.74, 6) is 0.506. The van der Waals surface area contributed by atoms with Gasteiger partial charge in [-0.3, -0.25) is 9.69 Å². The van der Waals surface area contributed by atoms with E-state index in [-0.39, 0.29) is 31.2 Å². The number of carbonyl (C=O) groups excluding carboxylic acids is 2. The van der Waals surface area contributed by atoms with Crippen LogP contribution in [0.3, 0.4) is 0 Å². The summed E-state index contributed by atoms with van der Waals surface area (Å²) < 4.78 is 5.38. The number of rotatable bonds is 6. The van der Waals surface area contributed by atoms with Crippen LogP contribution in [0.15, 0.2) is 18.2 Å². The summed E-state index contributed by atoms with van der Waals surface area (Å²) in [7, 11) is 1.69. The van der Waals surface area contributed by atoms with Gasteiger partial charge in [0, 0.05) is 31.9 Å². The molecule has 8 heteroatoms. The van der Waals surface area contributed by atoms with Crippen molar-refractivity contribution in [2.24, 2.45) is 0 Å². The molecule has 0 bridgehead atoms. The Labute approximate surface area is 159 Å². The second kappa shape index (κ2) is 9.05. The molecule has 1 aromatic carbocycles. The van der Waals surface area contributed by atoms with Crippen molar-refractivity contribution in [3.8, 4) is 5.75 Å². The zero-order valence-electron chi connectivity index (χ0n) is 15.7. The van der Waals surface area contributed by atoms with Crippen molar-refractivity contribution in [1.82, 2.24) is 10.2 Å². The zero-order chi connectivity index (χ0) is 19.2. The predicted molar refractivity (Wildman–Crippen MR) is 103 cm³/mol. The SMILES string of the molecule is CN1C(=O)COc2ccc(NC(=O)NCCCN3CCCCC3CO)cc21. The van der Waals surface area contributed by atoms with E-state index in [0.29, 0.717) is 23.7 Å². The number of fused-ring (bicyclic) bond motifs is 1. The third-order valence-electron chi connectivity index (χ3n) is 5.17. The molecule has 0 spiro atoms. The topological polar surface area (TPSA) is 94.1 Å². The number of nitrogens with zero attached hydrogens (tertiary/aromatic N) is 2. The summed E-state index contributed by atoms with van der Waals surface area (Å²) in [6.45, 7) is 2.68. The number of hydrogen-bond donors (Lipinski definition) is 3. The van der Waals surface area contributed by atoms with Crippen LogP contribution < -0.4 is 20.3 Å². The van der Waals surface area contributed by atoms with Crippen molar-refractivity contribution in [3.05, 3.63) is 18.2 Å². The van der Waals surface area contributed by atoms with E-state index in [1.807, 2.05) is 0 Å². The van der Waals surface area contributed by atoms with Crippen LogP contribution in [0.4, 0.5) is 16.2 Å². The van der Waals surface area contributed by atoms with Crippen LogP contribution >= 0.6 is 0 Å². The van der Waals surface area contributed by atoms with E-state index in [1.54, 1.807) is 25.2 Å². The van der Waals surface area contributed by atoms with Crippen LogP contribution in [0.25, 0.3) is 0 Å². The number of carbonyl (C=O) groups is 2. The smallest absolute Gasteiger partial charge is 0.319 e. The van der Waals surface area contributed by atoms with Crippen LogP contribution in [0.1, 0.15) is 25.7 Å². The maximum atomic E-state index is 12.1. The van der Waals surface area contributed by atoms with Gasteiger partial charge in [0.05, 0.1) is 12.3 Å². The van der Waals surface area contributed by atoms with Gasteiger partial charge >= 0.3 is 6.03 Å². The molecule has 0 saturated carbocycles. The van der Waals surface area contributed by atoms with Gasteiger partial charge in [0.2, 0.25) is 0 Å². The fourth-order valence-electron chi connectivity index (χ4n) is 3.57. The molecule has 3 amide bonds. The van der Waals surface area contributed by atoms with Crippen LogP contribution in [0.2, 0.25) is 0 Å². The van der Waals surface area contributed by atoms with Crippen molar-refractivity contribution in [1.29, 1.82) is 0 Å². The van der Waals surface area contributed by atoms with Gasteiger partial charge in [0.15, 0.2) is 6.61 Å². The number of anilines is 2. The molecule has 1 fully saturated rings. The van der Waals surface area contributed by atoms with E-state index in [0.717, 1.165) is 25.9 Å². The van der Waals surface area contributed by atoms with E-state index in [1.165, 1.54) is 17.7 Å². The molecule has 2 heterocycles. The number of aliphatic hydroxyl groups is 1. The van der Waals surface area contributed by atoms with Gasteiger partial charge in [0.25, 0.3) is 5.91 Å². The molecular weight excluding hydrogens is 348 g/mol. The van der Waals surface area contributed by atoms with Gasteiger partial charge in [-0.1, -0.05) is 6.42 Å². The Balaban J connectivity index is 1.44. The summed E-state index contributed by atoms with van der Waals surface area (Å²) in [4.78, 5) is 27.7. The summed E-state index contributed by atoms with van der Waals surface area (Å²) in [6.07, 6.45) is 4.22. The summed E-state index contributed by atoms with van der Waals surface area (Å²) >= 11 is 0. The maximum Gasteiger partial charge on any atom is 0.319 e. The van der Waals surface area contributed by atoms with Crippen LogP contribution in [0, 0.1) is 0 Å². The third kappa shape index (κ3) is 4.90. The second-order valence-electron chi connectivity index (χ2n) is 7.03. The normalized spacial score (nSPS) is 20.0. The molecule has 3 rings (SSSR count). The number of nitrogens with one attached hydrogen (secondary N) is 2. The predicted octanol–water partition coefficient (Wildman–Crippen LogP) is 1.40. The second-order valence-corrected chi connectivity index (χ2v) is 7.03. The Morgan fingerprint density at radius 2 is 2.22 bits per heavy atom. The molecule has 1 unspecified atom stereocenters. The number of likely N-dealkylation sites (tertiary alicyclic amines) is 1. The highest BCUT2D eigenvalue weighted by Crippen LogP contribution is 2.33. The van der Waals surface area contributed by atoms with E-state index >= 15 is 0 Å². The molecule has 1 saturated heterocycles. The highest BCUT2D eigenvalue weighted by molar-refractivity contribution is 5.99. The Morgan fingerprint density at radius 1 is 1.37 bits per heavy atom. The van der Waals surface area contributed by atoms with Crippen LogP contribution in [0.5, 0.6) is 5.75 Å². The zero-order valence-corrected chi connectivity index (χ0v) is 15.7. The van der Waals surface area contributed by atoms with Crippen LogP contribution in [-0.2, 0) is 4.79 Å². The highest BCUT2D eigenvalue weighted by Gasteiger charge is 2.23. The molecule has 0 aliphatic carbocycles. The van der Waals surface area contributed by atoms with Gasteiger partial charge in [0.1, 0.15) is 5.75 Å². The first-order valence-corrected chi connectivity index (χ1v) is 9.51. The first-order chi connectivity index (χ1) is 13.1. The van der Waals surface area contributed by atoms with E-state index in [4.69, 9.17) is 4.74 Å². The van der Waals surface area contributed by atoms with Crippen molar-refractivity contribution in [2.45, 2.75) is 31.7 Å². The summed E-state index contributed by atoms with van der Waals surface area (Å²) in [6, 6.07) is 5.20. The van der Waals surface area contributed by atoms with E-state index in [2.05, 4.69) is 15.5 Å². The molecule has 0 radical (unpaired) electrons. The van der Waals surface area contributed by atoms with Crippen molar-refractivity contribution >= 4 is 23.3 Å². The first-order valence-electron chi connectivity index (χ1n) is 9.51. The average molecular weight is 376 g/mol. The molecule has 1 aromatic rings.